The van der Waals surface area contributed by atoms with Gasteiger partial charge in [-0.15, -0.1) is 24.0 Å². The number of benzene rings is 1. The van der Waals surface area contributed by atoms with Crippen LogP contribution < -0.4 is 15.4 Å². The number of amides is 1. The van der Waals surface area contributed by atoms with E-state index in [9.17, 15) is 4.79 Å². The van der Waals surface area contributed by atoms with Gasteiger partial charge in [-0.2, -0.15) is 0 Å². The number of ether oxygens (including phenoxy) is 2. The van der Waals surface area contributed by atoms with Crippen LogP contribution in [0.15, 0.2) is 29.3 Å². The van der Waals surface area contributed by atoms with Crippen molar-refractivity contribution in [2.45, 2.75) is 52.0 Å². The van der Waals surface area contributed by atoms with Crippen LogP contribution in [0, 0.1) is 0 Å². The SMILES string of the molecule is CCNC(=NCc1cccc(OCCCOC)c1)NCCCN1CCCCCC1=O.I. The van der Waals surface area contributed by atoms with E-state index in [-0.39, 0.29) is 24.0 Å². The van der Waals surface area contributed by atoms with Crippen molar-refractivity contribution in [3.63, 3.8) is 0 Å². The summed E-state index contributed by atoms with van der Waals surface area (Å²) < 4.78 is 10.8. The molecule has 8 heteroatoms. The Morgan fingerprint density at radius 1 is 1.16 bits per heavy atom. The van der Waals surface area contributed by atoms with Gasteiger partial charge in [-0.1, -0.05) is 18.6 Å². The van der Waals surface area contributed by atoms with E-state index in [2.05, 4.69) is 28.6 Å². The molecule has 1 aromatic rings. The number of halogens is 1. The standard InChI is InChI=1S/C23H38N4O3.HI/c1-3-24-23(25-13-8-15-27-14-6-4-5-12-22(27)28)26-19-20-10-7-11-21(18-20)30-17-9-16-29-2;/h7,10-11,18H,3-6,8-9,12-17,19H2,1-2H3,(H2,24,25,26);1H. The van der Waals surface area contributed by atoms with Crippen molar-refractivity contribution in [3.05, 3.63) is 29.8 Å². The molecule has 0 saturated carbocycles. The first-order valence-corrected chi connectivity index (χ1v) is 11.2. The summed E-state index contributed by atoms with van der Waals surface area (Å²) in [5.74, 6) is 1.96. The van der Waals surface area contributed by atoms with Gasteiger partial charge in [0, 0.05) is 52.7 Å². The molecule has 2 N–H and O–H groups in total. The van der Waals surface area contributed by atoms with Crippen molar-refractivity contribution >= 4 is 35.8 Å². The molecule has 0 unspecified atom stereocenters. The zero-order valence-corrected chi connectivity index (χ0v) is 21.4. The number of carbonyl (C=O) groups is 1. The minimum Gasteiger partial charge on any atom is -0.493 e. The maximum absolute atomic E-state index is 12.1. The Morgan fingerprint density at radius 2 is 2.03 bits per heavy atom. The fourth-order valence-corrected chi connectivity index (χ4v) is 3.39. The van der Waals surface area contributed by atoms with E-state index >= 15 is 0 Å². The predicted molar refractivity (Wildman–Crippen MR) is 136 cm³/mol. The second-order valence-corrected chi connectivity index (χ2v) is 7.51. The number of aliphatic imine (C=N–C) groups is 1. The van der Waals surface area contributed by atoms with Gasteiger partial charge in [0.1, 0.15) is 5.75 Å². The number of nitrogens with zero attached hydrogens (tertiary/aromatic N) is 2. The minimum atomic E-state index is 0. The average Bonchev–Trinajstić information content (AvgIpc) is 2.97. The fourth-order valence-electron chi connectivity index (χ4n) is 3.39. The quantitative estimate of drug-likeness (QED) is 0.182. The Bertz CT molecular complexity index is 657. The van der Waals surface area contributed by atoms with E-state index in [1.54, 1.807) is 7.11 Å². The molecule has 1 aromatic carbocycles. The topological polar surface area (TPSA) is 75.2 Å². The molecule has 1 saturated heterocycles. The predicted octanol–water partition coefficient (Wildman–Crippen LogP) is 3.57. The number of nitrogens with one attached hydrogen (secondary N) is 2. The number of guanidine groups is 1. The first-order chi connectivity index (χ1) is 14.7. The molecular formula is C23H39IN4O3. The van der Waals surface area contributed by atoms with Crippen LogP contribution >= 0.6 is 24.0 Å². The van der Waals surface area contributed by atoms with Gasteiger partial charge in [-0.25, -0.2) is 4.99 Å². The molecule has 2 rings (SSSR count). The van der Waals surface area contributed by atoms with E-state index in [0.717, 1.165) is 75.6 Å². The van der Waals surface area contributed by atoms with Crippen LogP contribution in [-0.4, -0.2) is 63.3 Å². The monoisotopic (exact) mass is 546 g/mol. The van der Waals surface area contributed by atoms with Crippen LogP contribution in [0.4, 0.5) is 0 Å². The van der Waals surface area contributed by atoms with Crippen molar-refractivity contribution < 1.29 is 14.3 Å². The molecule has 0 spiro atoms. The Balaban J connectivity index is 0.00000480. The number of rotatable bonds is 12. The van der Waals surface area contributed by atoms with Gasteiger partial charge in [0.15, 0.2) is 5.96 Å². The summed E-state index contributed by atoms with van der Waals surface area (Å²) in [5, 5.41) is 6.67. The Hall–Kier alpha value is -1.55. The first kappa shape index (κ1) is 27.5. The lowest BCUT2D eigenvalue weighted by Crippen LogP contribution is -2.39. The maximum Gasteiger partial charge on any atom is 0.222 e. The third kappa shape index (κ3) is 11.6. The lowest BCUT2D eigenvalue weighted by atomic mass is 10.2. The van der Waals surface area contributed by atoms with E-state index in [0.29, 0.717) is 32.1 Å². The Labute approximate surface area is 204 Å². The number of hydrogen-bond acceptors (Lipinski definition) is 4. The Morgan fingerprint density at radius 3 is 2.84 bits per heavy atom. The summed E-state index contributed by atoms with van der Waals surface area (Å²) in [6.45, 7) is 7.29. The molecule has 31 heavy (non-hydrogen) atoms. The molecule has 0 radical (unpaired) electrons. The van der Waals surface area contributed by atoms with Gasteiger partial charge in [0.05, 0.1) is 13.2 Å². The number of likely N-dealkylation sites (tertiary alicyclic amines) is 1. The molecule has 0 aliphatic carbocycles. The minimum absolute atomic E-state index is 0. The molecule has 1 aliphatic rings. The van der Waals surface area contributed by atoms with Crippen LogP contribution in [0.1, 0.15) is 51.0 Å². The molecule has 176 valence electrons. The van der Waals surface area contributed by atoms with Crippen LogP contribution in [0.25, 0.3) is 0 Å². The number of hydrogen-bond donors (Lipinski definition) is 2. The van der Waals surface area contributed by atoms with Crippen molar-refractivity contribution in [1.29, 1.82) is 0 Å². The highest BCUT2D eigenvalue weighted by molar-refractivity contribution is 14.0. The fraction of sp³-hybridized carbons (Fsp3) is 0.652. The van der Waals surface area contributed by atoms with Gasteiger partial charge >= 0.3 is 0 Å². The molecule has 1 amide bonds. The first-order valence-electron chi connectivity index (χ1n) is 11.2. The molecular weight excluding hydrogens is 507 g/mol. The van der Waals surface area contributed by atoms with Gasteiger partial charge in [0.25, 0.3) is 0 Å². The van der Waals surface area contributed by atoms with E-state index in [1.165, 1.54) is 0 Å². The summed E-state index contributed by atoms with van der Waals surface area (Å²) in [5.41, 5.74) is 1.10. The number of methoxy groups -OCH3 is 1. The normalized spacial score (nSPS) is 14.6. The van der Waals surface area contributed by atoms with Gasteiger partial charge in [0.2, 0.25) is 5.91 Å². The third-order valence-corrected chi connectivity index (χ3v) is 4.99. The van der Waals surface area contributed by atoms with Crippen molar-refractivity contribution in [1.82, 2.24) is 15.5 Å². The maximum atomic E-state index is 12.1. The second kappa shape index (κ2) is 17.1. The van der Waals surface area contributed by atoms with Crippen molar-refractivity contribution in [2.24, 2.45) is 4.99 Å². The summed E-state index contributed by atoms with van der Waals surface area (Å²) in [4.78, 5) is 18.8. The van der Waals surface area contributed by atoms with Crippen LogP contribution in [0.3, 0.4) is 0 Å². The largest absolute Gasteiger partial charge is 0.493 e. The lowest BCUT2D eigenvalue weighted by molar-refractivity contribution is -0.130. The smallest absolute Gasteiger partial charge is 0.222 e. The van der Waals surface area contributed by atoms with Crippen LogP contribution in [-0.2, 0) is 16.1 Å². The highest BCUT2D eigenvalue weighted by Gasteiger charge is 2.15. The van der Waals surface area contributed by atoms with E-state index in [4.69, 9.17) is 9.47 Å². The molecule has 1 heterocycles. The summed E-state index contributed by atoms with van der Waals surface area (Å²) in [7, 11) is 1.70. The molecule has 0 aromatic heterocycles. The van der Waals surface area contributed by atoms with E-state index in [1.807, 2.05) is 23.1 Å². The molecule has 0 atom stereocenters. The summed E-state index contributed by atoms with van der Waals surface area (Å²) in [6.07, 6.45) is 5.81. The second-order valence-electron chi connectivity index (χ2n) is 7.51. The van der Waals surface area contributed by atoms with Gasteiger partial charge in [-0.3, -0.25) is 4.79 Å². The molecule has 1 aliphatic heterocycles. The van der Waals surface area contributed by atoms with Crippen LogP contribution in [0.2, 0.25) is 0 Å². The highest BCUT2D eigenvalue weighted by Crippen LogP contribution is 2.14. The highest BCUT2D eigenvalue weighted by atomic mass is 127. The summed E-state index contributed by atoms with van der Waals surface area (Å²) in [6, 6.07) is 8.05. The number of carbonyl (C=O) groups excluding carboxylic acids is 1. The molecule has 7 nitrogen and oxygen atoms in total. The van der Waals surface area contributed by atoms with Crippen LogP contribution in [0.5, 0.6) is 5.75 Å². The molecule has 1 fully saturated rings. The van der Waals surface area contributed by atoms with Gasteiger partial charge < -0.3 is 25.0 Å². The lowest BCUT2D eigenvalue weighted by Gasteiger charge is -2.20. The van der Waals surface area contributed by atoms with Gasteiger partial charge in [-0.05, 0) is 43.9 Å². The van der Waals surface area contributed by atoms with Crippen molar-refractivity contribution in [3.8, 4) is 5.75 Å². The summed E-state index contributed by atoms with van der Waals surface area (Å²) >= 11 is 0. The third-order valence-electron chi connectivity index (χ3n) is 4.99. The van der Waals surface area contributed by atoms with E-state index < -0.39 is 0 Å². The zero-order valence-electron chi connectivity index (χ0n) is 19.0. The Kier molecular flexibility index (Phi) is 15.1. The molecule has 0 bridgehead atoms. The zero-order chi connectivity index (χ0) is 21.4. The average molecular weight is 546 g/mol. The van der Waals surface area contributed by atoms with Crippen molar-refractivity contribution in [2.75, 3.05) is 46.5 Å².